The number of tetrazole rings is 2. The van der Waals surface area contributed by atoms with E-state index in [0.29, 0.717) is 39.6 Å². The van der Waals surface area contributed by atoms with E-state index in [-0.39, 0.29) is 0 Å². The molecule has 0 saturated heterocycles. The zero-order valence-electron chi connectivity index (χ0n) is 26.8. The van der Waals surface area contributed by atoms with Gasteiger partial charge in [-0.3, -0.25) is 0 Å². The van der Waals surface area contributed by atoms with Crippen LogP contribution >= 0.6 is 0 Å². The van der Waals surface area contributed by atoms with E-state index >= 15 is 0 Å². The van der Waals surface area contributed by atoms with Gasteiger partial charge >= 0.3 is 17.6 Å². The lowest BCUT2D eigenvalue weighted by Crippen LogP contribution is -2.46. The maximum Gasteiger partial charge on any atom is 0.500 e. The predicted molar refractivity (Wildman–Crippen MR) is 162 cm³/mol. The number of rotatable bonds is 27. The molecule has 2 aromatic heterocycles. The van der Waals surface area contributed by atoms with Crippen molar-refractivity contribution in [3.63, 3.8) is 0 Å². The average Bonchev–Trinajstić information content (AvgIpc) is 3.61. The topological polar surface area (TPSA) is 143 Å². The lowest BCUT2D eigenvalue weighted by Gasteiger charge is -2.28. The minimum Gasteiger partial charge on any atom is -0.374 e. The molecule has 0 amide bonds. The average molecular weight is 631 g/mol. The molecule has 242 valence electrons. The molecule has 0 aromatic carbocycles. The predicted octanol–water partition coefficient (Wildman–Crippen LogP) is 3.88. The van der Waals surface area contributed by atoms with Gasteiger partial charge in [0.1, 0.15) is 0 Å². The van der Waals surface area contributed by atoms with Crippen LogP contribution in [-0.2, 0) is 52.5 Å². The van der Waals surface area contributed by atoms with Crippen molar-refractivity contribution in [2.75, 3.05) is 39.6 Å². The number of unbranched alkanes of at least 4 members (excludes halogenated alkanes) is 3. The summed E-state index contributed by atoms with van der Waals surface area (Å²) in [6.45, 7) is 16.8. The SMILES string of the molecule is CCO[Si](CCCn1nnnc1CCCCCCc1nnnn1CCC[Si](OCC)(OCC)OCC)(OCC)OCC. The Hall–Kier alpha value is -1.67. The van der Waals surface area contributed by atoms with E-state index in [1.807, 2.05) is 50.9 Å². The summed E-state index contributed by atoms with van der Waals surface area (Å²) in [7, 11) is -5.31. The van der Waals surface area contributed by atoms with E-state index in [4.69, 9.17) is 26.6 Å². The second-order valence-corrected chi connectivity index (χ2v) is 15.2. The smallest absolute Gasteiger partial charge is 0.374 e. The standard InChI is InChI=1S/C26H54N8O6Si2/c1-7-35-41(36-8-2,37-9-3)23-17-21-33-25(27-29-31-33)19-15-13-14-16-20-26-28-30-32-34(26)22-18-24-42(38-10-4,39-11-5)40-12-6/h7-24H2,1-6H3. The molecule has 0 atom stereocenters. The quantitative estimate of drug-likeness (QED) is 0.104. The summed E-state index contributed by atoms with van der Waals surface area (Å²) in [4.78, 5) is 0. The van der Waals surface area contributed by atoms with Gasteiger partial charge in [-0.05, 0) is 88.1 Å². The third-order valence-corrected chi connectivity index (χ3v) is 13.0. The van der Waals surface area contributed by atoms with Crippen molar-refractivity contribution in [3.05, 3.63) is 11.6 Å². The molecular formula is C26H54N8O6Si2. The summed E-state index contributed by atoms with van der Waals surface area (Å²) in [6.07, 6.45) is 7.61. The molecule has 0 bridgehead atoms. The van der Waals surface area contributed by atoms with E-state index in [2.05, 4.69) is 31.1 Å². The highest BCUT2D eigenvalue weighted by Gasteiger charge is 2.40. The van der Waals surface area contributed by atoms with Gasteiger partial charge in [0.2, 0.25) is 0 Å². The first kappa shape index (κ1) is 36.5. The molecule has 0 aliphatic rings. The van der Waals surface area contributed by atoms with Crippen molar-refractivity contribution >= 4 is 17.6 Å². The molecule has 0 spiro atoms. The van der Waals surface area contributed by atoms with Gasteiger partial charge in [-0.2, -0.15) is 0 Å². The van der Waals surface area contributed by atoms with Crippen LogP contribution < -0.4 is 0 Å². The Morgan fingerprint density at radius 2 is 0.810 bits per heavy atom. The molecular weight excluding hydrogens is 577 g/mol. The van der Waals surface area contributed by atoms with Crippen LogP contribution in [0, 0.1) is 0 Å². The van der Waals surface area contributed by atoms with Crippen molar-refractivity contribution in [3.8, 4) is 0 Å². The van der Waals surface area contributed by atoms with Crippen molar-refractivity contribution < 1.29 is 26.6 Å². The third-order valence-electron chi connectivity index (χ3n) is 6.65. The summed E-state index contributed by atoms with van der Waals surface area (Å²) < 4.78 is 39.6. The van der Waals surface area contributed by atoms with Crippen molar-refractivity contribution in [1.82, 2.24) is 40.4 Å². The summed E-state index contributed by atoms with van der Waals surface area (Å²) in [5.74, 6) is 1.84. The zero-order valence-corrected chi connectivity index (χ0v) is 28.8. The van der Waals surface area contributed by atoms with Crippen molar-refractivity contribution in [2.45, 2.75) is 118 Å². The molecule has 42 heavy (non-hydrogen) atoms. The Kier molecular flexibility index (Phi) is 18.4. The number of nitrogens with zero attached hydrogens (tertiary/aromatic N) is 8. The molecule has 2 aromatic rings. The normalized spacial score (nSPS) is 12.4. The van der Waals surface area contributed by atoms with Crippen LogP contribution in [0.15, 0.2) is 0 Å². The van der Waals surface area contributed by atoms with Crippen molar-refractivity contribution in [1.29, 1.82) is 0 Å². The first-order chi connectivity index (χ1) is 20.5. The fourth-order valence-corrected chi connectivity index (χ4v) is 10.2. The third kappa shape index (κ3) is 12.5. The molecule has 2 heterocycles. The number of aryl methyl sites for hydroxylation is 4. The van der Waals surface area contributed by atoms with Crippen LogP contribution in [0.25, 0.3) is 0 Å². The van der Waals surface area contributed by atoms with Crippen LogP contribution in [0.3, 0.4) is 0 Å². The highest BCUT2D eigenvalue weighted by molar-refractivity contribution is 6.61. The van der Waals surface area contributed by atoms with Crippen LogP contribution in [-0.4, -0.2) is 97.7 Å². The molecule has 0 fully saturated rings. The van der Waals surface area contributed by atoms with Gasteiger partial charge in [0.25, 0.3) is 0 Å². The second-order valence-electron chi connectivity index (χ2n) is 9.72. The molecule has 0 unspecified atom stereocenters. The minimum absolute atomic E-state index is 0.580. The Morgan fingerprint density at radius 3 is 1.12 bits per heavy atom. The van der Waals surface area contributed by atoms with Crippen LogP contribution in [0.4, 0.5) is 0 Å². The summed E-state index contributed by atoms with van der Waals surface area (Å²) in [5.41, 5.74) is 0. The Labute approximate surface area is 253 Å². The molecule has 2 rings (SSSR count). The molecule has 0 aliphatic heterocycles. The van der Waals surface area contributed by atoms with Crippen LogP contribution in [0.1, 0.15) is 91.7 Å². The summed E-state index contributed by atoms with van der Waals surface area (Å²) in [5, 5.41) is 24.7. The molecule has 0 saturated carbocycles. The maximum atomic E-state index is 5.96. The van der Waals surface area contributed by atoms with Gasteiger partial charge in [-0.15, -0.1) is 10.2 Å². The highest BCUT2D eigenvalue weighted by Crippen LogP contribution is 2.20. The molecule has 0 radical (unpaired) electrons. The van der Waals surface area contributed by atoms with Crippen LogP contribution in [0.2, 0.25) is 12.1 Å². The lowest BCUT2D eigenvalue weighted by atomic mass is 10.1. The second kappa shape index (κ2) is 21.1. The Bertz CT molecular complexity index is 845. The van der Waals surface area contributed by atoms with Gasteiger partial charge in [0.15, 0.2) is 11.6 Å². The van der Waals surface area contributed by atoms with Crippen molar-refractivity contribution in [2.24, 2.45) is 0 Å². The Balaban J connectivity index is 1.72. The van der Waals surface area contributed by atoms with E-state index in [0.717, 1.165) is 88.2 Å². The number of hydrogen-bond acceptors (Lipinski definition) is 12. The van der Waals surface area contributed by atoms with Gasteiger partial charge in [0.05, 0.1) is 0 Å². The number of hydrogen-bond donors (Lipinski definition) is 0. The minimum atomic E-state index is -2.65. The monoisotopic (exact) mass is 630 g/mol. The molecule has 16 heteroatoms. The fraction of sp³-hybridized carbons (Fsp3) is 0.923. The van der Waals surface area contributed by atoms with Gasteiger partial charge in [0, 0.05) is 77.7 Å². The zero-order chi connectivity index (χ0) is 30.5. The summed E-state index contributed by atoms with van der Waals surface area (Å²) >= 11 is 0. The molecule has 14 nitrogen and oxygen atoms in total. The first-order valence-corrected chi connectivity index (χ1v) is 19.7. The van der Waals surface area contributed by atoms with E-state index in [1.54, 1.807) is 0 Å². The highest BCUT2D eigenvalue weighted by atomic mass is 28.4. The van der Waals surface area contributed by atoms with Gasteiger partial charge in [-0.25, -0.2) is 9.36 Å². The Morgan fingerprint density at radius 1 is 0.476 bits per heavy atom. The number of aromatic nitrogens is 8. The van der Waals surface area contributed by atoms with Crippen LogP contribution in [0.5, 0.6) is 0 Å². The van der Waals surface area contributed by atoms with E-state index in [9.17, 15) is 0 Å². The van der Waals surface area contributed by atoms with Gasteiger partial charge in [-0.1, -0.05) is 12.8 Å². The first-order valence-electron chi connectivity index (χ1n) is 15.8. The fourth-order valence-electron chi connectivity index (χ4n) is 4.96. The largest absolute Gasteiger partial charge is 0.500 e. The van der Waals surface area contributed by atoms with Gasteiger partial charge < -0.3 is 26.6 Å². The lowest BCUT2D eigenvalue weighted by molar-refractivity contribution is 0.0696. The summed E-state index contributed by atoms with van der Waals surface area (Å²) in [6, 6.07) is 1.49. The maximum absolute atomic E-state index is 5.96. The molecule has 0 N–H and O–H groups in total. The van der Waals surface area contributed by atoms with E-state index in [1.165, 1.54) is 0 Å². The molecule has 0 aliphatic carbocycles. The van der Waals surface area contributed by atoms with E-state index < -0.39 is 17.6 Å².